The van der Waals surface area contributed by atoms with E-state index in [9.17, 15) is 30.8 Å². The maximum absolute atomic E-state index is 14.4. The zero-order chi connectivity index (χ0) is 26.0. The number of nitrogens with zero attached hydrogens (tertiary/aromatic N) is 2. The second-order valence-corrected chi connectivity index (χ2v) is 10.1. The summed E-state index contributed by atoms with van der Waals surface area (Å²) in [7, 11) is -1.46. The Balaban J connectivity index is 1.86. The third kappa shape index (κ3) is 6.11. The fourth-order valence-electron chi connectivity index (χ4n) is 3.12. The van der Waals surface area contributed by atoms with Crippen LogP contribution in [0.2, 0.25) is 5.02 Å². The first-order valence-electron chi connectivity index (χ1n) is 10.0. The van der Waals surface area contributed by atoms with Crippen LogP contribution in [-0.2, 0) is 22.9 Å². The monoisotopic (exact) mass is 529 g/mol. The molecule has 1 amide bonds. The fourth-order valence-corrected chi connectivity index (χ4v) is 4.40. The average molecular weight is 530 g/mol. The molecule has 0 bridgehead atoms. The number of benzene rings is 3. The summed E-state index contributed by atoms with van der Waals surface area (Å²) in [5, 5.41) is 2.08. The Labute approximate surface area is 204 Å². The van der Waals surface area contributed by atoms with Crippen molar-refractivity contribution in [3.8, 4) is 0 Å². The van der Waals surface area contributed by atoms with E-state index in [0.29, 0.717) is 11.6 Å². The van der Waals surface area contributed by atoms with E-state index in [1.165, 1.54) is 62.6 Å². The Morgan fingerprint density at radius 3 is 2.20 bits per heavy atom. The predicted octanol–water partition coefficient (Wildman–Crippen LogP) is 5.56. The van der Waals surface area contributed by atoms with Gasteiger partial charge in [-0.2, -0.15) is 25.9 Å². The van der Waals surface area contributed by atoms with Crippen LogP contribution in [0.1, 0.15) is 21.5 Å². The number of carbonyl (C=O) groups is 1. The van der Waals surface area contributed by atoms with Gasteiger partial charge in [-0.3, -0.25) is 9.10 Å². The SMILES string of the molecule is CN(C)S(=O)(=O)N(Cc1ccc(C(=O)Nc2ccc(Cl)cc2C(F)(F)F)cc1)c1ccccc1F. The summed E-state index contributed by atoms with van der Waals surface area (Å²) in [5.74, 6) is -1.55. The van der Waals surface area contributed by atoms with Crippen molar-refractivity contribution >= 4 is 39.1 Å². The lowest BCUT2D eigenvalue weighted by atomic mass is 10.1. The minimum absolute atomic E-state index is 0.0322. The van der Waals surface area contributed by atoms with Crippen molar-refractivity contribution in [1.82, 2.24) is 4.31 Å². The topological polar surface area (TPSA) is 69.7 Å². The van der Waals surface area contributed by atoms with Crippen molar-refractivity contribution < 1.29 is 30.8 Å². The standard InChI is InChI=1S/C23H20ClF4N3O3S/c1-30(2)35(33,34)31(21-6-4-3-5-19(21)25)14-15-7-9-16(10-8-15)22(32)29-20-12-11-17(24)13-18(20)23(26,27)28/h3-13H,14H2,1-2H3,(H,29,32). The molecule has 0 atom stereocenters. The Morgan fingerprint density at radius 2 is 1.63 bits per heavy atom. The Bertz CT molecular complexity index is 1330. The number of rotatable bonds is 7. The lowest BCUT2D eigenvalue weighted by Gasteiger charge is -2.27. The summed E-state index contributed by atoms with van der Waals surface area (Å²) in [6.45, 7) is -0.251. The van der Waals surface area contributed by atoms with Crippen LogP contribution in [0.3, 0.4) is 0 Å². The van der Waals surface area contributed by atoms with E-state index in [1.807, 2.05) is 0 Å². The molecule has 3 rings (SSSR count). The quantitative estimate of drug-likeness (QED) is 0.407. The highest BCUT2D eigenvalue weighted by Gasteiger charge is 2.34. The van der Waals surface area contributed by atoms with Crippen LogP contribution in [0, 0.1) is 5.82 Å². The van der Waals surface area contributed by atoms with Crippen LogP contribution in [0.4, 0.5) is 28.9 Å². The summed E-state index contributed by atoms with van der Waals surface area (Å²) in [4.78, 5) is 12.6. The molecular weight excluding hydrogens is 510 g/mol. The molecule has 6 nitrogen and oxygen atoms in total. The van der Waals surface area contributed by atoms with Crippen LogP contribution < -0.4 is 9.62 Å². The molecule has 0 fully saturated rings. The number of alkyl halides is 3. The highest BCUT2D eigenvalue weighted by molar-refractivity contribution is 7.90. The van der Waals surface area contributed by atoms with Crippen molar-refractivity contribution in [2.45, 2.75) is 12.7 Å². The molecule has 0 aliphatic heterocycles. The number of anilines is 2. The molecule has 3 aromatic carbocycles. The van der Waals surface area contributed by atoms with Crippen molar-refractivity contribution in [2.24, 2.45) is 0 Å². The maximum atomic E-state index is 14.4. The smallest absolute Gasteiger partial charge is 0.321 e. The molecule has 0 radical (unpaired) electrons. The molecule has 1 N–H and O–H groups in total. The molecule has 0 aromatic heterocycles. The van der Waals surface area contributed by atoms with Gasteiger partial charge in [0.05, 0.1) is 23.5 Å². The van der Waals surface area contributed by atoms with Crippen molar-refractivity contribution in [1.29, 1.82) is 0 Å². The number of para-hydroxylation sites is 1. The first-order chi connectivity index (χ1) is 16.3. The van der Waals surface area contributed by atoms with E-state index in [4.69, 9.17) is 11.6 Å². The Kier molecular flexibility index (Phi) is 7.73. The molecule has 0 saturated carbocycles. The Morgan fingerprint density at radius 1 is 1.00 bits per heavy atom. The lowest BCUT2D eigenvalue weighted by molar-refractivity contribution is -0.136. The Hall–Kier alpha value is -3.15. The van der Waals surface area contributed by atoms with Crippen molar-refractivity contribution in [3.05, 3.63) is 94.3 Å². The molecule has 3 aromatic rings. The van der Waals surface area contributed by atoms with Crippen LogP contribution in [0.5, 0.6) is 0 Å². The van der Waals surface area contributed by atoms with Gasteiger partial charge < -0.3 is 5.32 Å². The molecule has 0 saturated heterocycles. The minimum Gasteiger partial charge on any atom is -0.321 e. The van der Waals surface area contributed by atoms with E-state index in [2.05, 4.69) is 5.32 Å². The third-order valence-corrected chi connectivity index (χ3v) is 6.98. The van der Waals surface area contributed by atoms with Crippen LogP contribution >= 0.6 is 11.6 Å². The van der Waals surface area contributed by atoms with Crippen LogP contribution in [0.15, 0.2) is 66.7 Å². The van der Waals surface area contributed by atoms with Gasteiger partial charge >= 0.3 is 16.4 Å². The van der Waals surface area contributed by atoms with Crippen LogP contribution in [0.25, 0.3) is 0 Å². The molecule has 0 aliphatic rings. The highest BCUT2D eigenvalue weighted by atomic mass is 35.5. The number of hydrogen-bond donors (Lipinski definition) is 1. The molecule has 12 heteroatoms. The van der Waals surface area contributed by atoms with Gasteiger partial charge in [-0.05, 0) is 48.0 Å². The summed E-state index contributed by atoms with van der Waals surface area (Å²) < 4.78 is 81.7. The second kappa shape index (κ2) is 10.2. The number of hydrogen-bond acceptors (Lipinski definition) is 3. The highest BCUT2D eigenvalue weighted by Crippen LogP contribution is 2.36. The average Bonchev–Trinajstić information content (AvgIpc) is 2.78. The van der Waals surface area contributed by atoms with E-state index < -0.39 is 39.4 Å². The van der Waals surface area contributed by atoms with Gasteiger partial charge in [-0.25, -0.2) is 4.39 Å². The first-order valence-corrected chi connectivity index (χ1v) is 11.8. The summed E-state index contributed by atoms with van der Waals surface area (Å²) in [5.41, 5.74) is -1.27. The lowest BCUT2D eigenvalue weighted by Crippen LogP contribution is -2.40. The van der Waals surface area contributed by atoms with Gasteiger partial charge in [-0.15, -0.1) is 0 Å². The normalized spacial score (nSPS) is 12.0. The number of nitrogens with one attached hydrogen (secondary N) is 1. The molecule has 0 unspecified atom stereocenters. The van der Waals surface area contributed by atoms with Gasteiger partial charge in [0.15, 0.2) is 0 Å². The fraction of sp³-hybridized carbons (Fsp3) is 0.174. The van der Waals surface area contributed by atoms with Crippen LogP contribution in [-0.4, -0.2) is 32.7 Å². The maximum Gasteiger partial charge on any atom is 0.418 e. The van der Waals surface area contributed by atoms with E-state index in [1.54, 1.807) is 0 Å². The van der Waals surface area contributed by atoms with E-state index in [-0.39, 0.29) is 22.8 Å². The van der Waals surface area contributed by atoms with E-state index in [0.717, 1.165) is 20.7 Å². The molecule has 0 aliphatic carbocycles. The number of carbonyl (C=O) groups excluding carboxylic acids is 1. The first kappa shape index (κ1) is 26.5. The van der Waals surface area contributed by atoms with Crippen molar-refractivity contribution in [2.75, 3.05) is 23.7 Å². The number of halogens is 5. The van der Waals surface area contributed by atoms with Crippen molar-refractivity contribution in [3.63, 3.8) is 0 Å². The minimum atomic E-state index is -4.73. The van der Waals surface area contributed by atoms with Gasteiger partial charge in [-0.1, -0.05) is 35.9 Å². The zero-order valence-corrected chi connectivity index (χ0v) is 20.0. The van der Waals surface area contributed by atoms with Gasteiger partial charge in [0.25, 0.3) is 5.91 Å². The van der Waals surface area contributed by atoms with Gasteiger partial charge in [0.2, 0.25) is 0 Å². The molecule has 0 spiro atoms. The molecule has 186 valence electrons. The molecular formula is C23H20ClF4N3O3S. The third-order valence-electron chi connectivity index (χ3n) is 4.94. The number of amides is 1. The summed E-state index contributed by atoms with van der Waals surface area (Å²) in [6, 6.07) is 13.9. The summed E-state index contributed by atoms with van der Waals surface area (Å²) >= 11 is 5.65. The van der Waals surface area contributed by atoms with E-state index >= 15 is 0 Å². The second-order valence-electron chi connectivity index (χ2n) is 7.59. The van der Waals surface area contributed by atoms with Gasteiger partial charge in [0.1, 0.15) is 5.82 Å². The summed E-state index contributed by atoms with van der Waals surface area (Å²) in [6.07, 6.45) is -4.73. The predicted molar refractivity (Wildman–Crippen MR) is 126 cm³/mol. The largest absolute Gasteiger partial charge is 0.418 e. The molecule has 35 heavy (non-hydrogen) atoms. The van der Waals surface area contributed by atoms with Gasteiger partial charge in [0, 0.05) is 24.7 Å². The molecule has 0 heterocycles. The zero-order valence-electron chi connectivity index (χ0n) is 18.5.